The van der Waals surface area contributed by atoms with Gasteiger partial charge >= 0.3 is 12.2 Å². The van der Waals surface area contributed by atoms with Gasteiger partial charge in [0, 0.05) is 35.6 Å². The highest BCUT2D eigenvalue weighted by atomic mass is 19.4. The molecule has 0 aliphatic heterocycles. The first-order chi connectivity index (χ1) is 14.8. The molecule has 8 heteroatoms. The number of carbonyl (C=O) groups is 1. The Bertz CT molecular complexity index is 1150. The number of nitrogens with one attached hydrogen (secondary N) is 1. The maximum absolute atomic E-state index is 13.1. The van der Waals surface area contributed by atoms with Crippen molar-refractivity contribution >= 4 is 17.4 Å². The minimum absolute atomic E-state index is 0.0930. The van der Waals surface area contributed by atoms with Crippen LogP contribution in [0.2, 0.25) is 0 Å². The number of benzene rings is 2. The van der Waals surface area contributed by atoms with Crippen molar-refractivity contribution in [3.05, 3.63) is 71.5 Å². The average Bonchev–Trinajstić information content (AvgIpc) is 3.50. The Labute approximate surface area is 177 Å². The van der Waals surface area contributed by atoms with Crippen molar-refractivity contribution in [2.24, 2.45) is 0 Å². The number of alkyl halides is 3. The van der Waals surface area contributed by atoms with Crippen LogP contribution in [-0.2, 0) is 6.18 Å². The van der Waals surface area contributed by atoms with E-state index in [2.05, 4.69) is 16.3 Å². The summed E-state index contributed by atoms with van der Waals surface area (Å²) in [7, 11) is 1.61. The number of anilines is 2. The first kappa shape index (κ1) is 20.5. The minimum Gasteiger partial charge on any atom is -0.308 e. The normalized spacial score (nSPS) is 13.5. The van der Waals surface area contributed by atoms with E-state index in [0.29, 0.717) is 28.3 Å². The molecule has 3 aromatic rings. The zero-order chi connectivity index (χ0) is 22.2. The van der Waals surface area contributed by atoms with Crippen LogP contribution in [0.5, 0.6) is 0 Å². The standard InChI is InChI=1S/C23H19F3N4O/c1-3-15-5-4-6-19(13-15)29(2)22(31)27-17-9-11-18(12-10-17)30-20(16-7-8-16)14-21(28-30)23(24,25)26/h1,4-6,9-14,16H,7-8H2,2H3,(H,27,31). The van der Waals surface area contributed by atoms with Crippen LogP contribution in [0.15, 0.2) is 54.6 Å². The topological polar surface area (TPSA) is 50.2 Å². The summed E-state index contributed by atoms with van der Waals surface area (Å²) in [6.45, 7) is 0. The Hall–Kier alpha value is -3.73. The van der Waals surface area contributed by atoms with Gasteiger partial charge < -0.3 is 5.32 Å². The second-order valence-electron chi connectivity index (χ2n) is 7.37. The molecule has 1 heterocycles. The number of urea groups is 1. The zero-order valence-corrected chi connectivity index (χ0v) is 16.6. The number of nitrogens with zero attached hydrogens (tertiary/aromatic N) is 3. The lowest BCUT2D eigenvalue weighted by molar-refractivity contribution is -0.141. The van der Waals surface area contributed by atoms with Crippen molar-refractivity contribution in [2.75, 3.05) is 17.3 Å². The Morgan fingerprint density at radius 3 is 2.52 bits per heavy atom. The van der Waals surface area contributed by atoms with Gasteiger partial charge in [-0.05, 0) is 61.4 Å². The number of aromatic nitrogens is 2. The molecule has 1 aromatic heterocycles. The lowest BCUT2D eigenvalue weighted by Crippen LogP contribution is -2.31. The monoisotopic (exact) mass is 424 g/mol. The minimum atomic E-state index is -4.50. The number of rotatable bonds is 4. The maximum atomic E-state index is 13.1. The summed E-state index contributed by atoms with van der Waals surface area (Å²) >= 11 is 0. The molecule has 0 spiro atoms. The van der Waals surface area contributed by atoms with Crippen molar-refractivity contribution < 1.29 is 18.0 Å². The molecule has 1 aliphatic rings. The highest BCUT2D eigenvalue weighted by Gasteiger charge is 2.38. The molecule has 0 bridgehead atoms. The zero-order valence-electron chi connectivity index (χ0n) is 16.6. The molecule has 0 saturated heterocycles. The van der Waals surface area contributed by atoms with E-state index in [9.17, 15) is 18.0 Å². The Kier molecular flexibility index (Phi) is 5.19. The second kappa shape index (κ2) is 7.84. The van der Waals surface area contributed by atoms with E-state index in [1.165, 1.54) is 9.58 Å². The third-order valence-corrected chi connectivity index (χ3v) is 5.09. The van der Waals surface area contributed by atoms with Gasteiger partial charge in [0.25, 0.3) is 0 Å². The molecule has 5 nitrogen and oxygen atoms in total. The number of hydrogen-bond acceptors (Lipinski definition) is 2. The van der Waals surface area contributed by atoms with Gasteiger partial charge in [0.2, 0.25) is 0 Å². The largest absolute Gasteiger partial charge is 0.435 e. The molecule has 0 radical (unpaired) electrons. The number of carbonyl (C=O) groups excluding carboxylic acids is 1. The van der Waals surface area contributed by atoms with Crippen LogP contribution in [-0.4, -0.2) is 22.9 Å². The molecule has 31 heavy (non-hydrogen) atoms. The molecule has 4 rings (SSSR count). The quantitative estimate of drug-likeness (QED) is 0.569. The summed E-state index contributed by atoms with van der Waals surface area (Å²) in [4.78, 5) is 14.0. The van der Waals surface area contributed by atoms with Crippen LogP contribution < -0.4 is 10.2 Å². The van der Waals surface area contributed by atoms with Crippen LogP contribution in [0.3, 0.4) is 0 Å². The SMILES string of the molecule is C#Cc1cccc(N(C)C(=O)Nc2ccc(-n3nc(C(F)(F)F)cc3C3CC3)cc2)c1. The first-order valence-corrected chi connectivity index (χ1v) is 9.65. The van der Waals surface area contributed by atoms with Crippen molar-refractivity contribution in [1.29, 1.82) is 0 Å². The van der Waals surface area contributed by atoms with Gasteiger partial charge in [-0.2, -0.15) is 18.3 Å². The van der Waals surface area contributed by atoms with Gasteiger partial charge in [0.15, 0.2) is 5.69 Å². The molecule has 1 fully saturated rings. The smallest absolute Gasteiger partial charge is 0.308 e. The van der Waals surface area contributed by atoms with Crippen LogP contribution >= 0.6 is 0 Å². The average molecular weight is 424 g/mol. The second-order valence-corrected chi connectivity index (χ2v) is 7.37. The third kappa shape index (κ3) is 4.40. The van der Waals surface area contributed by atoms with Crippen LogP contribution in [0.1, 0.15) is 35.7 Å². The van der Waals surface area contributed by atoms with Crippen molar-refractivity contribution in [3.8, 4) is 18.0 Å². The number of halogens is 3. The summed E-state index contributed by atoms with van der Waals surface area (Å²) in [5.74, 6) is 2.62. The molecule has 1 aliphatic carbocycles. The Balaban J connectivity index is 1.52. The van der Waals surface area contributed by atoms with Crippen LogP contribution in [0, 0.1) is 12.3 Å². The summed E-state index contributed by atoms with van der Waals surface area (Å²) < 4.78 is 40.7. The molecule has 2 aromatic carbocycles. The van der Waals surface area contributed by atoms with Gasteiger partial charge in [-0.15, -0.1) is 6.42 Å². The molecular formula is C23H19F3N4O. The fourth-order valence-electron chi connectivity index (χ4n) is 3.23. The molecule has 0 unspecified atom stereocenters. The molecule has 2 amide bonds. The summed E-state index contributed by atoms with van der Waals surface area (Å²) in [6, 6.07) is 14.3. The van der Waals surface area contributed by atoms with Crippen molar-refractivity contribution in [3.63, 3.8) is 0 Å². The number of terminal acetylenes is 1. The summed E-state index contributed by atoms with van der Waals surface area (Å²) in [6.07, 6.45) is 2.61. The Morgan fingerprint density at radius 2 is 1.90 bits per heavy atom. The van der Waals surface area contributed by atoms with E-state index < -0.39 is 11.9 Å². The fraction of sp³-hybridized carbons (Fsp3) is 0.217. The third-order valence-electron chi connectivity index (χ3n) is 5.09. The summed E-state index contributed by atoms with van der Waals surface area (Å²) in [5.41, 5.74) is 1.95. The van der Waals surface area contributed by atoms with Gasteiger partial charge in [-0.3, -0.25) is 4.90 Å². The lowest BCUT2D eigenvalue weighted by Gasteiger charge is -2.18. The van der Waals surface area contributed by atoms with Gasteiger partial charge in [-0.25, -0.2) is 9.48 Å². The molecule has 1 N–H and O–H groups in total. The maximum Gasteiger partial charge on any atom is 0.435 e. The van der Waals surface area contributed by atoms with E-state index >= 15 is 0 Å². The van der Waals surface area contributed by atoms with Crippen LogP contribution in [0.4, 0.5) is 29.3 Å². The van der Waals surface area contributed by atoms with E-state index in [4.69, 9.17) is 6.42 Å². The first-order valence-electron chi connectivity index (χ1n) is 9.65. The van der Waals surface area contributed by atoms with Gasteiger partial charge in [0.1, 0.15) is 0 Å². The van der Waals surface area contributed by atoms with E-state index in [-0.39, 0.29) is 11.9 Å². The number of amides is 2. The predicted octanol–water partition coefficient (Wildman–Crippen LogP) is 5.42. The number of hydrogen-bond donors (Lipinski definition) is 1. The highest BCUT2D eigenvalue weighted by Crippen LogP contribution is 2.43. The Morgan fingerprint density at radius 1 is 1.19 bits per heavy atom. The van der Waals surface area contributed by atoms with Gasteiger partial charge in [-0.1, -0.05) is 12.0 Å². The van der Waals surface area contributed by atoms with Gasteiger partial charge in [0.05, 0.1) is 5.69 Å². The van der Waals surface area contributed by atoms with Crippen molar-refractivity contribution in [1.82, 2.24) is 9.78 Å². The van der Waals surface area contributed by atoms with Crippen LogP contribution in [0.25, 0.3) is 5.69 Å². The van der Waals surface area contributed by atoms with E-state index in [1.807, 2.05) is 0 Å². The molecular weight excluding hydrogens is 405 g/mol. The predicted molar refractivity (Wildman–Crippen MR) is 112 cm³/mol. The van der Waals surface area contributed by atoms with E-state index in [1.54, 1.807) is 55.6 Å². The fourth-order valence-corrected chi connectivity index (χ4v) is 3.23. The van der Waals surface area contributed by atoms with Crippen molar-refractivity contribution in [2.45, 2.75) is 24.9 Å². The van der Waals surface area contributed by atoms with E-state index in [0.717, 1.165) is 18.9 Å². The highest BCUT2D eigenvalue weighted by molar-refractivity contribution is 6.01. The molecule has 158 valence electrons. The molecule has 1 saturated carbocycles. The summed E-state index contributed by atoms with van der Waals surface area (Å²) in [5, 5.41) is 6.53. The lowest BCUT2D eigenvalue weighted by atomic mass is 10.2. The molecule has 0 atom stereocenters.